The average molecular weight is 286 g/mol. The van der Waals surface area contributed by atoms with Crippen LogP contribution in [-0.2, 0) is 19.1 Å². The summed E-state index contributed by atoms with van der Waals surface area (Å²) in [6.45, 7) is 7.69. The summed E-state index contributed by atoms with van der Waals surface area (Å²) in [5, 5.41) is 6.03. The molecule has 1 fully saturated rings. The molecule has 3 atom stereocenters. The minimum Gasteiger partial charge on any atom is -0.467 e. The van der Waals surface area contributed by atoms with Gasteiger partial charge in [0.1, 0.15) is 6.04 Å². The summed E-state index contributed by atoms with van der Waals surface area (Å²) in [7, 11) is 1.34. The second kappa shape index (κ2) is 8.21. The van der Waals surface area contributed by atoms with Gasteiger partial charge in [0.15, 0.2) is 0 Å². The van der Waals surface area contributed by atoms with Crippen molar-refractivity contribution in [2.75, 3.05) is 26.9 Å². The van der Waals surface area contributed by atoms with Gasteiger partial charge in [-0.25, -0.2) is 4.79 Å². The predicted molar refractivity (Wildman–Crippen MR) is 75.2 cm³/mol. The highest BCUT2D eigenvalue weighted by molar-refractivity contribution is 5.86. The van der Waals surface area contributed by atoms with Crippen molar-refractivity contribution in [1.29, 1.82) is 0 Å². The third kappa shape index (κ3) is 4.76. The fraction of sp³-hybridized carbons (Fsp3) is 0.857. The maximum atomic E-state index is 12.3. The number of esters is 1. The standard InChI is InChI=1S/C14H26N2O4/c1-5-15-12-8-20-7-10(12)13(17)16-11(6-9(2)3)14(18)19-4/h9-12,15H,5-8H2,1-4H3,(H,16,17)/t10?,11-,12?/m0/s1. The van der Waals surface area contributed by atoms with Crippen LogP contribution in [0.5, 0.6) is 0 Å². The quantitative estimate of drug-likeness (QED) is 0.659. The van der Waals surface area contributed by atoms with Gasteiger partial charge in [0.05, 0.1) is 26.2 Å². The summed E-state index contributed by atoms with van der Waals surface area (Å²) in [6.07, 6.45) is 0.567. The number of carbonyl (C=O) groups is 2. The van der Waals surface area contributed by atoms with E-state index in [1.807, 2.05) is 20.8 Å². The van der Waals surface area contributed by atoms with Crippen molar-refractivity contribution in [1.82, 2.24) is 10.6 Å². The molecule has 2 N–H and O–H groups in total. The zero-order valence-corrected chi connectivity index (χ0v) is 12.8. The highest BCUT2D eigenvalue weighted by atomic mass is 16.5. The molecule has 2 unspecified atom stereocenters. The molecular weight excluding hydrogens is 260 g/mol. The Balaban J connectivity index is 2.62. The number of hydrogen-bond donors (Lipinski definition) is 2. The van der Waals surface area contributed by atoms with Crippen LogP contribution in [0.3, 0.4) is 0 Å². The molecule has 0 bridgehead atoms. The van der Waals surface area contributed by atoms with Crippen LogP contribution in [0, 0.1) is 11.8 Å². The molecule has 0 aromatic carbocycles. The van der Waals surface area contributed by atoms with Gasteiger partial charge in [-0.1, -0.05) is 20.8 Å². The molecule has 1 rings (SSSR count). The average Bonchev–Trinajstić information content (AvgIpc) is 2.85. The van der Waals surface area contributed by atoms with E-state index in [1.54, 1.807) is 0 Å². The fourth-order valence-electron chi connectivity index (χ4n) is 2.38. The van der Waals surface area contributed by atoms with Gasteiger partial charge >= 0.3 is 5.97 Å². The van der Waals surface area contributed by atoms with E-state index in [1.165, 1.54) is 7.11 Å². The van der Waals surface area contributed by atoms with Gasteiger partial charge in [-0.15, -0.1) is 0 Å². The summed E-state index contributed by atoms with van der Waals surface area (Å²) in [5.74, 6) is -0.506. The van der Waals surface area contributed by atoms with Gasteiger partial charge in [0.25, 0.3) is 0 Å². The van der Waals surface area contributed by atoms with Gasteiger partial charge in [-0.05, 0) is 18.9 Å². The molecule has 0 spiro atoms. The van der Waals surface area contributed by atoms with Crippen molar-refractivity contribution < 1.29 is 19.1 Å². The normalized spacial score (nSPS) is 23.6. The Morgan fingerprint density at radius 3 is 2.60 bits per heavy atom. The lowest BCUT2D eigenvalue weighted by molar-refractivity contribution is -0.146. The first-order chi connectivity index (χ1) is 9.49. The molecule has 6 nitrogen and oxygen atoms in total. The van der Waals surface area contributed by atoms with Crippen LogP contribution >= 0.6 is 0 Å². The molecule has 1 aliphatic rings. The molecule has 116 valence electrons. The number of carbonyl (C=O) groups excluding carboxylic acids is 2. The maximum absolute atomic E-state index is 12.3. The number of ether oxygens (including phenoxy) is 2. The van der Waals surface area contributed by atoms with Crippen molar-refractivity contribution in [2.24, 2.45) is 11.8 Å². The Kier molecular flexibility index (Phi) is 6.95. The Labute approximate surface area is 120 Å². The number of amides is 1. The molecule has 0 saturated carbocycles. The van der Waals surface area contributed by atoms with Gasteiger partial charge < -0.3 is 20.1 Å². The lowest BCUT2D eigenvalue weighted by Crippen LogP contribution is -2.49. The monoisotopic (exact) mass is 286 g/mol. The van der Waals surface area contributed by atoms with Crippen molar-refractivity contribution >= 4 is 11.9 Å². The number of likely N-dealkylation sites (N-methyl/N-ethyl adjacent to an activating group) is 1. The molecule has 1 saturated heterocycles. The zero-order chi connectivity index (χ0) is 15.1. The number of hydrogen-bond acceptors (Lipinski definition) is 5. The van der Waals surface area contributed by atoms with E-state index in [4.69, 9.17) is 9.47 Å². The van der Waals surface area contributed by atoms with E-state index < -0.39 is 12.0 Å². The molecule has 0 aliphatic carbocycles. The van der Waals surface area contributed by atoms with E-state index >= 15 is 0 Å². The van der Waals surface area contributed by atoms with Crippen LogP contribution in [0.15, 0.2) is 0 Å². The third-order valence-corrected chi connectivity index (χ3v) is 3.39. The Bertz CT molecular complexity index is 333. The Hall–Kier alpha value is -1.14. The second-order valence-electron chi connectivity index (χ2n) is 5.52. The molecule has 1 amide bonds. The summed E-state index contributed by atoms with van der Waals surface area (Å²) in [4.78, 5) is 24.0. The van der Waals surface area contributed by atoms with Gasteiger partial charge in [0.2, 0.25) is 5.91 Å². The van der Waals surface area contributed by atoms with Crippen LogP contribution in [0.4, 0.5) is 0 Å². The summed E-state index contributed by atoms with van der Waals surface area (Å²) < 4.78 is 10.1. The van der Waals surface area contributed by atoms with E-state index in [-0.39, 0.29) is 17.9 Å². The molecule has 0 aromatic rings. The van der Waals surface area contributed by atoms with Gasteiger partial charge in [-0.3, -0.25) is 4.79 Å². The zero-order valence-electron chi connectivity index (χ0n) is 12.8. The highest BCUT2D eigenvalue weighted by Crippen LogP contribution is 2.15. The minimum absolute atomic E-state index is 0.0114. The van der Waals surface area contributed by atoms with Crippen LogP contribution in [-0.4, -0.2) is 50.8 Å². The van der Waals surface area contributed by atoms with Gasteiger partial charge in [-0.2, -0.15) is 0 Å². The first kappa shape index (κ1) is 16.9. The topological polar surface area (TPSA) is 76.7 Å². The molecule has 0 aromatic heterocycles. The van der Waals surface area contributed by atoms with Gasteiger partial charge in [0, 0.05) is 6.04 Å². The van der Waals surface area contributed by atoms with Crippen molar-refractivity contribution in [3.05, 3.63) is 0 Å². The van der Waals surface area contributed by atoms with Crippen LogP contribution in [0.1, 0.15) is 27.2 Å². The molecule has 20 heavy (non-hydrogen) atoms. The predicted octanol–water partition coefficient (Wildman–Crippen LogP) is 0.315. The second-order valence-corrected chi connectivity index (χ2v) is 5.52. The Morgan fingerprint density at radius 1 is 1.35 bits per heavy atom. The minimum atomic E-state index is -0.588. The number of methoxy groups -OCH3 is 1. The highest BCUT2D eigenvalue weighted by Gasteiger charge is 2.35. The summed E-state index contributed by atoms with van der Waals surface area (Å²) in [5.41, 5.74) is 0. The van der Waals surface area contributed by atoms with E-state index in [9.17, 15) is 9.59 Å². The molecular formula is C14H26N2O4. The third-order valence-electron chi connectivity index (χ3n) is 3.39. The van der Waals surface area contributed by atoms with E-state index in [0.717, 1.165) is 6.54 Å². The van der Waals surface area contributed by atoms with Crippen molar-refractivity contribution in [3.8, 4) is 0 Å². The molecule has 1 heterocycles. The summed E-state index contributed by atoms with van der Waals surface area (Å²) >= 11 is 0. The van der Waals surface area contributed by atoms with Crippen LogP contribution < -0.4 is 10.6 Å². The molecule has 1 aliphatic heterocycles. The Morgan fingerprint density at radius 2 is 2.05 bits per heavy atom. The van der Waals surface area contributed by atoms with E-state index in [0.29, 0.717) is 25.6 Å². The van der Waals surface area contributed by atoms with Crippen molar-refractivity contribution in [2.45, 2.75) is 39.3 Å². The largest absolute Gasteiger partial charge is 0.467 e. The SMILES string of the molecule is CCNC1COCC1C(=O)N[C@@H](CC(C)C)C(=O)OC. The van der Waals surface area contributed by atoms with Crippen LogP contribution in [0.2, 0.25) is 0 Å². The smallest absolute Gasteiger partial charge is 0.328 e. The van der Waals surface area contributed by atoms with Crippen LogP contribution in [0.25, 0.3) is 0 Å². The fourth-order valence-corrected chi connectivity index (χ4v) is 2.38. The maximum Gasteiger partial charge on any atom is 0.328 e. The first-order valence-corrected chi connectivity index (χ1v) is 7.18. The lowest BCUT2D eigenvalue weighted by Gasteiger charge is -2.22. The number of rotatable bonds is 7. The van der Waals surface area contributed by atoms with E-state index in [2.05, 4.69) is 10.6 Å². The first-order valence-electron chi connectivity index (χ1n) is 7.18. The number of nitrogens with one attached hydrogen (secondary N) is 2. The van der Waals surface area contributed by atoms with Crippen molar-refractivity contribution in [3.63, 3.8) is 0 Å². The summed E-state index contributed by atoms with van der Waals surface area (Å²) in [6, 6.07) is -0.576. The molecule has 0 radical (unpaired) electrons. The molecule has 6 heteroatoms. The lowest BCUT2D eigenvalue weighted by atomic mass is 9.99.